The molecular weight excluding hydrogens is 372 g/mol. The molecule has 0 fully saturated rings. The molecular formula is C21H18N4O2S. The molecule has 1 aromatic heterocycles. The minimum Gasteiger partial charge on any atom is -0.345 e. The number of carbonyl (C=O) groups is 2. The van der Waals surface area contributed by atoms with Crippen LogP contribution in [0.3, 0.4) is 0 Å². The highest BCUT2D eigenvalue weighted by Crippen LogP contribution is 2.23. The Hall–Kier alpha value is -3.63. The van der Waals surface area contributed by atoms with Gasteiger partial charge in [-0.2, -0.15) is 5.26 Å². The molecule has 2 aromatic carbocycles. The van der Waals surface area contributed by atoms with E-state index in [9.17, 15) is 9.59 Å². The predicted molar refractivity (Wildman–Crippen MR) is 110 cm³/mol. The van der Waals surface area contributed by atoms with Gasteiger partial charge in [0.2, 0.25) is 0 Å². The van der Waals surface area contributed by atoms with Crippen LogP contribution in [0.2, 0.25) is 0 Å². The molecule has 0 aliphatic heterocycles. The second kappa shape index (κ2) is 8.84. The van der Waals surface area contributed by atoms with Crippen LogP contribution in [0.25, 0.3) is 0 Å². The Balaban J connectivity index is 1.57. The summed E-state index contributed by atoms with van der Waals surface area (Å²) in [7, 11) is 0. The van der Waals surface area contributed by atoms with Crippen molar-refractivity contribution in [1.29, 1.82) is 5.26 Å². The molecule has 6 nitrogen and oxygen atoms in total. The third-order valence-electron chi connectivity index (χ3n) is 3.99. The molecule has 0 aliphatic carbocycles. The van der Waals surface area contributed by atoms with Gasteiger partial charge in [-0.3, -0.25) is 10.1 Å². The molecule has 7 heteroatoms. The van der Waals surface area contributed by atoms with Crippen LogP contribution < -0.4 is 16.0 Å². The third-order valence-corrected chi connectivity index (χ3v) is 4.99. The minimum atomic E-state index is -0.369. The maximum Gasteiger partial charge on any atom is 0.324 e. The minimum absolute atomic E-state index is 0.208. The van der Waals surface area contributed by atoms with E-state index in [1.54, 1.807) is 36.4 Å². The molecule has 3 amide bonds. The zero-order valence-corrected chi connectivity index (χ0v) is 15.9. The number of hydrogen-bond donors (Lipinski definition) is 3. The van der Waals surface area contributed by atoms with Gasteiger partial charge in [0, 0.05) is 5.69 Å². The van der Waals surface area contributed by atoms with E-state index < -0.39 is 0 Å². The van der Waals surface area contributed by atoms with Crippen LogP contribution in [-0.2, 0) is 0 Å². The van der Waals surface area contributed by atoms with Gasteiger partial charge in [0.15, 0.2) is 0 Å². The molecule has 140 valence electrons. The summed E-state index contributed by atoms with van der Waals surface area (Å²) >= 11 is 1.20. The fraction of sp³-hybridized carbons (Fsp3) is 0.0952. The van der Waals surface area contributed by atoms with E-state index in [0.29, 0.717) is 21.1 Å². The van der Waals surface area contributed by atoms with Crippen molar-refractivity contribution in [3.63, 3.8) is 0 Å². The van der Waals surface area contributed by atoms with E-state index in [-0.39, 0.29) is 18.0 Å². The van der Waals surface area contributed by atoms with Crippen molar-refractivity contribution in [3.8, 4) is 6.07 Å². The molecule has 3 aromatic rings. The highest BCUT2D eigenvalue weighted by atomic mass is 32.1. The van der Waals surface area contributed by atoms with Crippen molar-refractivity contribution in [3.05, 3.63) is 82.7 Å². The number of para-hydroxylation sites is 1. The summed E-state index contributed by atoms with van der Waals surface area (Å²) in [5.41, 5.74) is 2.17. The number of nitrogens with zero attached hydrogens (tertiary/aromatic N) is 1. The maximum atomic E-state index is 12.5. The summed E-state index contributed by atoms with van der Waals surface area (Å²) in [5.74, 6) is -0.224. The lowest BCUT2D eigenvalue weighted by Gasteiger charge is -2.13. The van der Waals surface area contributed by atoms with Crippen molar-refractivity contribution in [2.75, 3.05) is 10.6 Å². The van der Waals surface area contributed by atoms with Crippen LogP contribution >= 0.6 is 11.3 Å². The Morgan fingerprint density at radius 1 is 0.964 bits per heavy atom. The van der Waals surface area contributed by atoms with Gasteiger partial charge in [0.25, 0.3) is 5.91 Å². The number of carbonyl (C=O) groups excluding carboxylic acids is 2. The molecule has 0 saturated carbocycles. The van der Waals surface area contributed by atoms with Crippen LogP contribution in [0.4, 0.5) is 15.5 Å². The van der Waals surface area contributed by atoms with Crippen molar-refractivity contribution in [2.24, 2.45) is 0 Å². The van der Waals surface area contributed by atoms with Gasteiger partial charge < -0.3 is 10.6 Å². The van der Waals surface area contributed by atoms with E-state index in [1.165, 1.54) is 11.3 Å². The maximum absolute atomic E-state index is 12.5. The molecule has 3 N–H and O–H groups in total. The molecule has 0 radical (unpaired) electrons. The molecule has 1 atom stereocenters. The highest BCUT2D eigenvalue weighted by Gasteiger charge is 2.14. The van der Waals surface area contributed by atoms with Crippen LogP contribution in [0.5, 0.6) is 0 Å². The summed E-state index contributed by atoms with van der Waals surface area (Å²) in [4.78, 5) is 25.0. The van der Waals surface area contributed by atoms with Crippen LogP contribution in [0, 0.1) is 11.3 Å². The van der Waals surface area contributed by atoms with Crippen LogP contribution in [-0.4, -0.2) is 11.9 Å². The second-order valence-corrected chi connectivity index (χ2v) is 7.12. The summed E-state index contributed by atoms with van der Waals surface area (Å²) in [6, 6.07) is 21.0. The smallest absolute Gasteiger partial charge is 0.324 e. The Morgan fingerprint density at radius 2 is 1.68 bits per heavy atom. The first-order valence-corrected chi connectivity index (χ1v) is 9.40. The SMILES string of the molecule is CC(NC(=O)c1ccc(NC(=O)Nc2ccccc2)s1)c1ccc(C#N)cc1. The lowest BCUT2D eigenvalue weighted by Crippen LogP contribution is -2.25. The summed E-state index contributed by atoms with van der Waals surface area (Å²) in [6.45, 7) is 1.87. The quantitative estimate of drug-likeness (QED) is 0.586. The normalized spacial score (nSPS) is 11.1. The number of rotatable bonds is 5. The Bertz CT molecular complexity index is 1010. The molecule has 1 heterocycles. The largest absolute Gasteiger partial charge is 0.345 e. The van der Waals surface area contributed by atoms with Crippen LogP contribution in [0.1, 0.15) is 33.8 Å². The van der Waals surface area contributed by atoms with Gasteiger partial charge in [-0.25, -0.2) is 4.79 Å². The van der Waals surface area contributed by atoms with E-state index in [2.05, 4.69) is 22.0 Å². The van der Waals surface area contributed by atoms with Crippen molar-refractivity contribution in [1.82, 2.24) is 5.32 Å². The average molecular weight is 390 g/mol. The van der Waals surface area contributed by atoms with E-state index in [0.717, 1.165) is 5.56 Å². The Kier molecular flexibility index (Phi) is 6.04. The fourth-order valence-electron chi connectivity index (χ4n) is 2.52. The molecule has 28 heavy (non-hydrogen) atoms. The van der Waals surface area contributed by atoms with Crippen molar-refractivity contribution >= 4 is 34.0 Å². The zero-order chi connectivity index (χ0) is 19.9. The first kappa shape index (κ1) is 19.1. The van der Waals surface area contributed by atoms with E-state index in [1.807, 2.05) is 37.3 Å². The van der Waals surface area contributed by atoms with Gasteiger partial charge in [-0.15, -0.1) is 11.3 Å². The van der Waals surface area contributed by atoms with Gasteiger partial charge in [-0.05, 0) is 48.9 Å². The number of anilines is 2. The molecule has 3 rings (SSSR count). The summed E-state index contributed by atoms with van der Waals surface area (Å²) in [6.07, 6.45) is 0. The third kappa shape index (κ3) is 4.96. The first-order chi connectivity index (χ1) is 13.5. The predicted octanol–water partition coefficient (Wildman–Crippen LogP) is 4.75. The molecule has 0 spiro atoms. The van der Waals surface area contributed by atoms with Crippen molar-refractivity contribution < 1.29 is 9.59 Å². The number of thiophene rings is 1. The lowest BCUT2D eigenvalue weighted by molar-refractivity contribution is 0.0944. The van der Waals surface area contributed by atoms with Gasteiger partial charge in [-0.1, -0.05) is 30.3 Å². The number of nitriles is 1. The zero-order valence-electron chi connectivity index (χ0n) is 15.1. The first-order valence-electron chi connectivity index (χ1n) is 8.59. The number of nitrogens with one attached hydrogen (secondary N) is 3. The highest BCUT2D eigenvalue weighted by molar-refractivity contribution is 7.18. The standard InChI is InChI=1S/C21H18N4O2S/c1-14(16-9-7-15(13-22)8-10-16)23-20(26)18-11-12-19(28-18)25-21(27)24-17-5-3-2-4-6-17/h2-12,14H,1H3,(H,23,26)(H2,24,25,27). The summed E-state index contributed by atoms with van der Waals surface area (Å²) < 4.78 is 0. The molecule has 0 saturated heterocycles. The van der Waals surface area contributed by atoms with Crippen molar-refractivity contribution in [2.45, 2.75) is 13.0 Å². The number of urea groups is 1. The van der Waals surface area contributed by atoms with E-state index >= 15 is 0 Å². The van der Waals surface area contributed by atoms with E-state index in [4.69, 9.17) is 5.26 Å². The molecule has 0 bridgehead atoms. The number of benzene rings is 2. The number of amides is 3. The number of hydrogen-bond acceptors (Lipinski definition) is 4. The Labute approximate surface area is 166 Å². The average Bonchev–Trinajstić information content (AvgIpc) is 3.17. The Morgan fingerprint density at radius 3 is 2.36 bits per heavy atom. The summed E-state index contributed by atoms with van der Waals surface area (Å²) in [5, 5.41) is 17.8. The van der Waals surface area contributed by atoms with Gasteiger partial charge in [0.1, 0.15) is 0 Å². The fourth-order valence-corrected chi connectivity index (χ4v) is 3.32. The second-order valence-electron chi connectivity index (χ2n) is 6.04. The monoisotopic (exact) mass is 390 g/mol. The van der Waals surface area contributed by atoms with Crippen LogP contribution in [0.15, 0.2) is 66.7 Å². The lowest BCUT2D eigenvalue weighted by atomic mass is 10.1. The van der Waals surface area contributed by atoms with Gasteiger partial charge >= 0.3 is 6.03 Å². The topological polar surface area (TPSA) is 94.0 Å². The van der Waals surface area contributed by atoms with Gasteiger partial charge in [0.05, 0.1) is 27.6 Å². The molecule has 0 aliphatic rings. The molecule has 1 unspecified atom stereocenters.